The minimum Gasteiger partial charge on any atom is -0.314 e. The van der Waals surface area contributed by atoms with Gasteiger partial charge in [-0.15, -0.1) is 0 Å². The van der Waals surface area contributed by atoms with Gasteiger partial charge in [0.15, 0.2) is 0 Å². The van der Waals surface area contributed by atoms with Gasteiger partial charge in [-0.1, -0.05) is 32.6 Å². The van der Waals surface area contributed by atoms with Gasteiger partial charge in [-0.3, -0.25) is 0 Å². The van der Waals surface area contributed by atoms with Gasteiger partial charge in [0.25, 0.3) is 0 Å². The van der Waals surface area contributed by atoms with E-state index >= 15 is 0 Å². The zero-order valence-corrected chi connectivity index (χ0v) is 13.4. The first kappa shape index (κ1) is 14.8. The van der Waals surface area contributed by atoms with E-state index in [1.54, 1.807) is 0 Å². The molecule has 1 aliphatic heterocycles. The molecule has 1 heterocycles. The summed E-state index contributed by atoms with van der Waals surface area (Å²) in [7, 11) is 0. The topological polar surface area (TPSA) is 24.1 Å². The summed E-state index contributed by atoms with van der Waals surface area (Å²) in [6, 6.07) is 2.42. The zero-order chi connectivity index (χ0) is 13.8. The van der Waals surface area contributed by atoms with E-state index in [-0.39, 0.29) is 0 Å². The van der Waals surface area contributed by atoms with Crippen LogP contribution in [0.2, 0.25) is 0 Å². The predicted octanol–water partition coefficient (Wildman–Crippen LogP) is 3.86. The maximum Gasteiger partial charge on any atom is 0.0113 e. The number of rotatable bonds is 5. The molecule has 3 rings (SSSR count). The number of nitrogens with one attached hydrogen (secondary N) is 2. The van der Waals surface area contributed by atoms with Crippen molar-refractivity contribution in [2.24, 2.45) is 11.8 Å². The molecule has 0 radical (unpaired) electrons. The molecule has 1 saturated heterocycles. The van der Waals surface area contributed by atoms with Crippen LogP contribution >= 0.6 is 0 Å². The maximum absolute atomic E-state index is 4.12. The Morgan fingerprint density at radius 3 is 2.50 bits per heavy atom. The van der Waals surface area contributed by atoms with Gasteiger partial charge < -0.3 is 10.6 Å². The summed E-state index contributed by atoms with van der Waals surface area (Å²) in [5, 5.41) is 7.88. The molecule has 0 aromatic carbocycles. The summed E-state index contributed by atoms with van der Waals surface area (Å²) in [5.41, 5.74) is 0. The summed E-state index contributed by atoms with van der Waals surface area (Å²) in [6.45, 7) is 3.65. The Balaban J connectivity index is 1.56. The lowest BCUT2D eigenvalue weighted by Crippen LogP contribution is -2.48. The largest absolute Gasteiger partial charge is 0.314 e. The second-order valence-electron chi connectivity index (χ2n) is 7.48. The van der Waals surface area contributed by atoms with Crippen molar-refractivity contribution < 1.29 is 0 Å². The molecule has 0 spiro atoms. The first-order valence-electron chi connectivity index (χ1n) is 9.38. The molecule has 3 aliphatic rings. The molecule has 2 heteroatoms. The molecular formula is C18H34N2. The molecule has 2 aliphatic carbocycles. The lowest BCUT2D eigenvalue weighted by molar-refractivity contribution is 0.217. The molecule has 4 atom stereocenters. The fourth-order valence-electron chi connectivity index (χ4n) is 5.15. The van der Waals surface area contributed by atoms with Crippen LogP contribution in [-0.4, -0.2) is 24.7 Å². The highest BCUT2D eigenvalue weighted by atomic mass is 15.0. The summed E-state index contributed by atoms with van der Waals surface area (Å²) >= 11 is 0. The third-order valence-electron chi connectivity index (χ3n) is 6.27. The van der Waals surface area contributed by atoms with Crippen molar-refractivity contribution in [2.45, 2.75) is 95.7 Å². The van der Waals surface area contributed by atoms with Gasteiger partial charge in [-0.25, -0.2) is 0 Å². The van der Waals surface area contributed by atoms with Crippen LogP contribution in [0.1, 0.15) is 77.6 Å². The summed E-state index contributed by atoms with van der Waals surface area (Å²) in [5.74, 6) is 1.88. The van der Waals surface area contributed by atoms with Crippen LogP contribution in [0.25, 0.3) is 0 Å². The molecule has 0 aromatic heterocycles. The Morgan fingerprint density at radius 1 is 0.950 bits per heavy atom. The van der Waals surface area contributed by atoms with Gasteiger partial charge in [0.2, 0.25) is 0 Å². The number of hydrogen-bond acceptors (Lipinski definition) is 2. The van der Waals surface area contributed by atoms with Crippen molar-refractivity contribution in [1.82, 2.24) is 10.6 Å². The molecule has 4 unspecified atom stereocenters. The van der Waals surface area contributed by atoms with Crippen molar-refractivity contribution in [1.29, 1.82) is 0 Å². The van der Waals surface area contributed by atoms with Gasteiger partial charge >= 0.3 is 0 Å². The average Bonchev–Trinajstić information content (AvgIpc) is 3.16. The first-order chi connectivity index (χ1) is 9.88. The van der Waals surface area contributed by atoms with Crippen molar-refractivity contribution >= 4 is 0 Å². The van der Waals surface area contributed by atoms with Crippen LogP contribution in [0.3, 0.4) is 0 Å². The standard InChI is InChI=1S/C18H34N2/c1-2-16(14-8-4-3-5-9-14)20-18-11-6-10-15(18)17-12-7-13-19-17/h14-20H,2-13H2,1H3. The maximum atomic E-state index is 4.12. The van der Waals surface area contributed by atoms with Gasteiger partial charge in [-0.2, -0.15) is 0 Å². The molecule has 2 nitrogen and oxygen atoms in total. The smallest absolute Gasteiger partial charge is 0.0113 e. The molecule has 116 valence electrons. The Bertz CT molecular complexity index is 279. The van der Waals surface area contributed by atoms with E-state index in [4.69, 9.17) is 0 Å². The fourth-order valence-corrected chi connectivity index (χ4v) is 5.15. The number of hydrogen-bond donors (Lipinski definition) is 2. The van der Waals surface area contributed by atoms with Gasteiger partial charge in [0.05, 0.1) is 0 Å². The van der Waals surface area contributed by atoms with Gasteiger partial charge in [0, 0.05) is 18.1 Å². The predicted molar refractivity (Wildman–Crippen MR) is 85.9 cm³/mol. The summed E-state index contributed by atoms with van der Waals surface area (Å²) in [4.78, 5) is 0. The lowest BCUT2D eigenvalue weighted by Gasteiger charge is -2.35. The van der Waals surface area contributed by atoms with Crippen molar-refractivity contribution in [3.05, 3.63) is 0 Å². The Kier molecular flexibility index (Phi) is 5.39. The van der Waals surface area contributed by atoms with E-state index in [0.717, 1.165) is 30.0 Å². The van der Waals surface area contributed by atoms with E-state index in [2.05, 4.69) is 17.6 Å². The van der Waals surface area contributed by atoms with Crippen molar-refractivity contribution in [3.8, 4) is 0 Å². The van der Waals surface area contributed by atoms with Crippen molar-refractivity contribution in [3.63, 3.8) is 0 Å². The second kappa shape index (κ2) is 7.26. The van der Waals surface area contributed by atoms with Crippen LogP contribution in [0.5, 0.6) is 0 Å². The SMILES string of the molecule is CCC(NC1CCCC1C1CCCN1)C1CCCCC1. The fraction of sp³-hybridized carbons (Fsp3) is 1.00. The van der Waals surface area contributed by atoms with Gasteiger partial charge in [-0.05, 0) is 63.3 Å². The minimum atomic E-state index is 0.794. The second-order valence-corrected chi connectivity index (χ2v) is 7.48. The normalized spacial score (nSPS) is 37.4. The van der Waals surface area contributed by atoms with Crippen LogP contribution in [-0.2, 0) is 0 Å². The van der Waals surface area contributed by atoms with E-state index < -0.39 is 0 Å². The minimum absolute atomic E-state index is 0.794. The summed E-state index contributed by atoms with van der Waals surface area (Å²) < 4.78 is 0. The van der Waals surface area contributed by atoms with Crippen LogP contribution in [0.15, 0.2) is 0 Å². The lowest BCUT2D eigenvalue weighted by atomic mass is 9.82. The van der Waals surface area contributed by atoms with Crippen LogP contribution in [0.4, 0.5) is 0 Å². The Labute approximate surface area is 125 Å². The highest BCUT2D eigenvalue weighted by Crippen LogP contribution is 2.34. The van der Waals surface area contributed by atoms with Crippen LogP contribution in [0, 0.1) is 11.8 Å². The molecule has 0 aromatic rings. The third-order valence-corrected chi connectivity index (χ3v) is 6.27. The van der Waals surface area contributed by atoms with Crippen LogP contribution < -0.4 is 10.6 Å². The monoisotopic (exact) mass is 278 g/mol. The molecule has 0 amide bonds. The quantitative estimate of drug-likeness (QED) is 0.798. The average molecular weight is 278 g/mol. The molecule has 0 bridgehead atoms. The zero-order valence-electron chi connectivity index (χ0n) is 13.4. The van der Waals surface area contributed by atoms with Crippen molar-refractivity contribution in [2.75, 3.05) is 6.54 Å². The highest BCUT2D eigenvalue weighted by Gasteiger charge is 2.36. The summed E-state index contributed by atoms with van der Waals surface area (Å²) in [6.07, 6.45) is 15.8. The van der Waals surface area contributed by atoms with E-state index in [1.807, 2.05) is 0 Å². The molecule has 3 fully saturated rings. The molecule has 2 saturated carbocycles. The third kappa shape index (κ3) is 3.39. The molecular weight excluding hydrogens is 244 g/mol. The van der Waals surface area contributed by atoms with Gasteiger partial charge in [0.1, 0.15) is 0 Å². The highest BCUT2D eigenvalue weighted by molar-refractivity contribution is 4.95. The van der Waals surface area contributed by atoms with E-state index in [1.165, 1.54) is 77.2 Å². The Morgan fingerprint density at radius 2 is 1.80 bits per heavy atom. The van der Waals surface area contributed by atoms with E-state index in [0.29, 0.717) is 0 Å². The van der Waals surface area contributed by atoms with E-state index in [9.17, 15) is 0 Å². The molecule has 20 heavy (non-hydrogen) atoms. The first-order valence-corrected chi connectivity index (χ1v) is 9.38. The molecule has 2 N–H and O–H groups in total. The Hall–Kier alpha value is -0.0800.